The summed E-state index contributed by atoms with van der Waals surface area (Å²) in [6.45, 7) is 0. The maximum atomic E-state index is 10.9. The molecule has 0 saturated carbocycles. The minimum atomic E-state index is -1.28. The number of carbonyl (C=O) groups is 4. The minimum Gasteiger partial charge on any atom is -0.349 e. The lowest BCUT2D eigenvalue weighted by Gasteiger charge is -2.11. The van der Waals surface area contributed by atoms with Gasteiger partial charge in [0.2, 0.25) is 0 Å². The Hall–Kier alpha value is -1.92. The van der Waals surface area contributed by atoms with Gasteiger partial charge in [0.25, 0.3) is 11.8 Å². The smallest absolute Gasteiger partial charge is 0.349 e. The van der Waals surface area contributed by atoms with Gasteiger partial charge in [-0.05, 0) is 0 Å². The Balaban J connectivity index is 2.60. The Labute approximate surface area is 78.9 Å². The van der Waals surface area contributed by atoms with E-state index in [4.69, 9.17) is 0 Å². The van der Waals surface area contributed by atoms with Crippen LogP contribution in [0, 0.1) is 0 Å². The normalized spacial score (nSPS) is 15.6. The summed E-state index contributed by atoms with van der Waals surface area (Å²) in [7, 11) is 1.23. The highest BCUT2D eigenvalue weighted by molar-refractivity contribution is 6.32. The standard InChI is InChI=1S/C7H8N2O5/c1-8-6(12)7(13)14-9-4(10)2-3-5(9)11/h2-3H2,1H3,(H,8,12). The first kappa shape index (κ1) is 10.2. The Morgan fingerprint density at radius 2 is 1.79 bits per heavy atom. The highest BCUT2D eigenvalue weighted by Gasteiger charge is 2.34. The SMILES string of the molecule is CNC(=O)C(=O)ON1C(=O)CCC1=O. The molecular weight excluding hydrogens is 192 g/mol. The molecule has 0 aromatic rings. The van der Waals surface area contributed by atoms with E-state index >= 15 is 0 Å². The van der Waals surface area contributed by atoms with Crippen LogP contribution in [0.5, 0.6) is 0 Å². The van der Waals surface area contributed by atoms with Crippen LogP contribution in [0.2, 0.25) is 0 Å². The van der Waals surface area contributed by atoms with E-state index in [1.165, 1.54) is 7.05 Å². The van der Waals surface area contributed by atoms with Crippen LogP contribution in [0.4, 0.5) is 0 Å². The molecule has 14 heavy (non-hydrogen) atoms. The third kappa shape index (κ3) is 1.87. The third-order valence-corrected chi connectivity index (χ3v) is 1.59. The van der Waals surface area contributed by atoms with Gasteiger partial charge in [0.15, 0.2) is 0 Å². The first-order chi connectivity index (χ1) is 6.56. The second-order valence-electron chi connectivity index (χ2n) is 2.54. The van der Waals surface area contributed by atoms with Crippen LogP contribution in [0.1, 0.15) is 12.8 Å². The van der Waals surface area contributed by atoms with E-state index in [-0.39, 0.29) is 12.8 Å². The van der Waals surface area contributed by atoms with Crippen LogP contribution in [-0.4, -0.2) is 35.8 Å². The Morgan fingerprint density at radius 3 is 2.21 bits per heavy atom. The highest BCUT2D eigenvalue weighted by Crippen LogP contribution is 2.11. The number of nitrogens with zero attached hydrogens (tertiary/aromatic N) is 1. The molecule has 0 atom stereocenters. The molecule has 0 unspecified atom stereocenters. The summed E-state index contributed by atoms with van der Waals surface area (Å²) in [4.78, 5) is 47.6. The third-order valence-electron chi connectivity index (χ3n) is 1.59. The molecule has 0 spiro atoms. The van der Waals surface area contributed by atoms with Crippen LogP contribution < -0.4 is 5.32 Å². The van der Waals surface area contributed by atoms with Crippen LogP contribution in [0.25, 0.3) is 0 Å². The molecule has 1 saturated heterocycles. The van der Waals surface area contributed by atoms with Crippen molar-refractivity contribution >= 4 is 23.7 Å². The van der Waals surface area contributed by atoms with Gasteiger partial charge in [-0.25, -0.2) is 4.79 Å². The molecule has 1 aliphatic rings. The van der Waals surface area contributed by atoms with E-state index in [1.807, 2.05) is 5.32 Å². The monoisotopic (exact) mass is 200 g/mol. The van der Waals surface area contributed by atoms with E-state index in [0.29, 0.717) is 5.06 Å². The highest BCUT2D eigenvalue weighted by atomic mass is 16.7. The number of imide groups is 1. The molecule has 0 bridgehead atoms. The second kappa shape index (κ2) is 3.86. The molecule has 1 aliphatic heterocycles. The molecule has 1 fully saturated rings. The zero-order valence-corrected chi connectivity index (χ0v) is 7.40. The lowest BCUT2D eigenvalue weighted by atomic mass is 10.4. The average Bonchev–Trinajstić information content (AvgIpc) is 2.48. The Kier molecular flexibility index (Phi) is 2.80. The fraction of sp³-hybridized carbons (Fsp3) is 0.429. The van der Waals surface area contributed by atoms with Crippen molar-refractivity contribution in [2.45, 2.75) is 12.8 Å². The van der Waals surface area contributed by atoms with E-state index in [9.17, 15) is 19.2 Å². The van der Waals surface area contributed by atoms with Crippen molar-refractivity contribution < 1.29 is 24.0 Å². The van der Waals surface area contributed by atoms with Crippen LogP contribution >= 0.6 is 0 Å². The summed E-state index contributed by atoms with van der Waals surface area (Å²) in [5.41, 5.74) is 0. The number of rotatable bonds is 1. The molecule has 3 amide bonds. The maximum absolute atomic E-state index is 10.9. The van der Waals surface area contributed by atoms with Crippen LogP contribution in [0.15, 0.2) is 0 Å². The molecule has 0 aromatic carbocycles. The predicted octanol–water partition coefficient (Wildman–Crippen LogP) is -1.66. The van der Waals surface area contributed by atoms with Gasteiger partial charge in [-0.1, -0.05) is 0 Å². The number of hydrogen-bond donors (Lipinski definition) is 1. The van der Waals surface area contributed by atoms with Gasteiger partial charge in [0, 0.05) is 19.9 Å². The van der Waals surface area contributed by atoms with E-state index in [2.05, 4.69) is 4.84 Å². The molecule has 7 nitrogen and oxygen atoms in total. The fourth-order valence-electron chi connectivity index (χ4n) is 0.884. The van der Waals surface area contributed by atoms with Gasteiger partial charge in [-0.3, -0.25) is 14.4 Å². The topological polar surface area (TPSA) is 92.8 Å². The summed E-state index contributed by atoms with van der Waals surface area (Å²) in [6, 6.07) is 0. The number of amides is 3. The molecule has 76 valence electrons. The van der Waals surface area contributed by atoms with Gasteiger partial charge in [0.05, 0.1) is 0 Å². The lowest BCUT2D eigenvalue weighted by Crippen LogP contribution is -2.38. The number of hydrogen-bond acceptors (Lipinski definition) is 5. The van der Waals surface area contributed by atoms with E-state index in [1.54, 1.807) is 0 Å². The molecule has 1 heterocycles. The summed E-state index contributed by atoms with van der Waals surface area (Å²) in [6.07, 6.45) is -0.000283. The molecule has 1 N–H and O–H groups in total. The molecular formula is C7H8N2O5. The molecule has 0 aromatic heterocycles. The van der Waals surface area contributed by atoms with Crippen molar-refractivity contribution in [1.29, 1.82) is 0 Å². The van der Waals surface area contributed by atoms with Crippen LogP contribution in [0.3, 0.4) is 0 Å². The van der Waals surface area contributed by atoms with Crippen molar-refractivity contribution in [3.05, 3.63) is 0 Å². The fourth-order valence-corrected chi connectivity index (χ4v) is 0.884. The van der Waals surface area contributed by atoms with Crippen molar-refractivity contribution in [3.8, 4) is 0 Å². The molecule has 0 radical (unpaired) electrons. The molecule has 0 aliphatic carbocycles. The molecule has 1 rings (SSSR count). The van der Waals surface area contributed by atoms with Crippen molar-refractivity contribution in [1.82, 2.24) is 10.4 Å². The van der Waals surface area contributed by atoms with E-state index < -0.39 is 23.7 Å². The van der Waals surface area contributed by atoms with E-state index in [0.717, 1.165) is 0 Å². The van der Waals surface area contributed by atoms with Crippen molar-refractivity contribution in [2.75, 3.05) is 7.05 Å². The van der Waals surface area contributed by atoms with Crippen molar-refractivity contribution in [2.24, 2.45) is 0 Å². The summed E-state index contributed by atoms with van der Waals surface area (Å²) in [5, 5.41) is 2.32. The first-order valence-corrected chi connectivity index (χ1v) is 3.86. The zero-order valence-electron chi connectivity index (χ0n) is 7.40. The quantitative estimate of drug-likeness (QED) is 0.404. The summed E-state index contributed by atoms with van der Waals surface area (Å²) < 4.78 is 0. The second-order valence-corrected chi connectivity index (χ2v) is 2.54. The van der Waals surface area contributed by atoms with Gasteiger partial charge < -0.3 is 10.2 Å². The van der Waals surface area contributed by atoms with Crippen molar-refractivity contribution in [3.63, 3.8) is 0 Å². The number of carbonyl (C=O) groups excluding carboxylic acids is 4. The van der Waals surface area contributed by atoms with Gasteiger partial charge in [-0.2, -0.15) is 0 Å². The zero-order chi connectivity index (χ0) is 10.7. The lowest BCUT2D eigenvalue weighted by molar-refractivity contribution is -0.197. The predicted molar refractivity (Wildman–Crippen MR) is 41.2 cm³/mol. The number of nitrogens with one attached hydrogen (secondary N) is 1. The Bertz CT molecular complexity index is 295. The first-order valence-electron chi connectivity index (χ1n) is 3.86. The Morgan fingerprint density at radius 1 is 1.29 bits per heavy atom. The maximum Gasteiger partial charge on any atom is 0.421 e. The number of hydroxylamine groups is 2. The molecule has 7 heteroatoms. The van der Waals surface area contributed by atoms with Gasteiger partial charge in [0.1, 0.15) is 0 Å². The number of likely N-dealkylation sites (N-methyl/N-ethyl adjacent to an activating group) is 1. The largest absolute Gasteiger partial charge is 0.421 e. The van der Waals surface area contributed by atoms with Gasteiger partial charge in [-0.15, -0.1) is 5.06 Å². The minimum absolute atomic E-state index is 0.000141. The average molecular weight is 200 g/mol. The summed E-state index contributed by atoms with van der Waals surface area (Å²) in [5.74, 6) is -3.53. The summed E-state index contributed by atoms with van der Waals surface area (Å²) >= 11 is 0. The van der Waals surface area contributed by atoms with Gasteiger partial charge >= 0.3 is 11.9 Å². The van der Waals surface area contributed by atoms with Crippen LogP contribution in [-0.2, 0) is 24.0 Å².